The molecule has 1 unspecified atom stereocenters. The van der Waals surface area contributed by atoms with Gasteiger partial charge in [-0.05, 0) is 25.0 Å². The molecule has 1 N–H and O–H groups in total. The van der Waals surface area contributed by atoms with Crippen LogP contribution in [0, 0.1) is 5.92 Å². The molecule has 1 aromatic heterocycles. The number of likely N-dealkylation sites (N-methyl/N-ethyl adjacent to an activating group) is 1. The monoisotopic (exact) mass is 219 g/mol. The number of nitrogens with zero attached hydrogens (tertiary/aromatic N) is 2. The van der Waals surface area contributed by atoms with Crippen LogP contribution >= 0.6 is 0 Å². The third kappa shape index (κ3) is 1.37. The minimum absolute atomic E-state index is 0.0861. The van der Waals surface area contributed by atoms with Crippen molar-refractivity contribution in [3.05, 3.63) is 18.3 Å². The molecule has 1 amide bonds. The Morgan fingerprint density at radius 1 is 1.50 bits per heavy atom. The van der Waals surface area contributed by atoms with Crippen molar-refractivity contribution in [1.82, 2.24) is 4.98 Å². The second-order valence-corrected chi connectivity index (χ2v) is 4.72. The molecule has 0 aromatic carbocycles. The van der Waals surface area contributed by atoms with Gasteiger partial charge in [0.05, 0.1) is 5.69 Å². The number of pyridine rings is 1. The number of carbonyl (C=O) groups is 1. The molecule has 1 aliphatic rings. The molecule has 0 bridgehead atoms. The second-order valence-electron chi connectivity index (χ2n) is 4.72. The van der Waals surface area contributed by atoms with Crippen molar-refractivity contribution >= 4 is 17.4 Å². The number of nitrogens with one attached hydrogen (secondary N) is 1. The lowest BCUT2D eigenvalue weighted by molar-refractivity contribution is -0.123. The Morgan fingerprint density at radius 2 is 2.19 bits per heavy atom. The number of amides is 1. The van der Waals surface area contributed by atoms with Crippen LogP contribution in [0.2, 0.25) is 0 Å². The van der Waals surface area contributed by atoms with Crippen LogP contribution in [0.5, 0.6) is 0 Å². The van der Waals surface area contributed by atoms with Crippen molar-refractivity contribution < 1.29 is 4.79 Å². The summed E-state index contributed by atoms with van der Waals surface area (Å²) in [7, 11) is 1.80. The maximum absolute atomic E-state index is 12.3. The third-order valence-electron chi connectivity index (χ3n) is 3.43. The predicted molar refractivity (Wildman–Crippen MR) is 64.5 cm³/mol. The molecule has 4 heteroatoms. The highest BCUT2D eigenvalue weighted by molar-refractivity contribution is 6.06. The quantitative estimate of drug-likeness (QED) is 0.784. The highest BCUT2D eigenvalue weighted by Gasteiger charge is 2.43. The first-order valence-corrected chi connectivity index (χ1v) is 5.48. The molecule has 86 valence electrons. The molecule has 0 aliphatic carbocycles. The van der Waals surface area contributed by atoms with E-state index in [1.807, 2.05) is 32.9 Å². The van der Waals surface area contributed by atoms with Crippen LogP contribution in [0.3, 0.4) is 0 Å². The van der Waals surface area contributed by atoms with Crippen molar-refractivity contribution in [2.75, 3.05) is 17.3 Å². The first-order chi connectivity index (χ1) is 7.47. The van der Waals surface area contributed by atoms with Crippen LogP contribution in [0.15, 0.2) is 18.3 Å². The lowest BCUT2D eigenvalue weighted by Crippen LogP contribution is -2.57. The molecule has 1 atom stereocenters. The van der Waals surface area contributed by atoms with Crippen molar-refractivity contribution in [3.8, 4) is 0 Å². The van der Waals surface area contributed by atoms with Crippen molar-refractivity contribution in [1.29, 1.82) is 0 Å². The van der Waals surface area contributed by atoms with Gasteiger partial charge in [-0.15, -0.1) is 0 Å². The van der Waals surface area contributed by atoms with E-state index in [1.165, 1.54) is 0 Å². The van der Waals surface area contributed by atoms with E-state index in [-0.39, 0.29) is 11.8 Å². The van der Waals surface area contributed by atoms with E-state index in [9.17, 15) is 4.79 Å². The molecule has 1 aromatic rings. The van der Waals surface area contributed by atoms with Crippen LogP contribution in [0.25, 0.3) is 0 Å². The van der Waals surface area contributed by atoms with Crippen LogP contribution < -0.4 is 10.2 Å². The van der Waals surface area contributed by atoms with Gasteiger partial charge in [0.15, 0.2) is 5.82 Å². The van der Waals surface area contributed by atoms with Crippen molar-refractivity contribution in [3.63, 3.8) is 0 Å². The Hall–Kier alpha value is -1.58. The molecule has 0 saturated carbocycles. The Labute approximate surface area is 95.7 Å². The number of hydrogen-bond donors (Lipinski definition) is 1. The number of aromatic nitrogens is 1. The Kier molecular flexibility index (Phi) is 2.37. The third-order valence-corrected chi connectivity index (χ3v) is 3.43. The zero-order chi connectivity index (χ0) is 11.9. The maximum atomic E-state index is 12.3. The van der Waals surface area contributed by atoms with Gasteiger partial charge in [-0.3, -0.25) is 4.79 Å². The van der Waals surface area contributed by atoms with E-state index >= 15 is 0 Å². The standard InChI is InChI=1S/C12H17N3O/c1-8(2)12(3)11(16)15(4)9-6-5-7-13-10(9)14-12/h5-8H,1-4H3,(H,13,14). The normalized spacial score (nSPS) is 24.3. The fourth-order valence-electron chi connectivity index (χ4n) is 1.91. The number of carbonyl (C=O) groups excluding carboxylic acids is 1. The van der Waals surface area contributed by atoms with Crippen LogP contribution in [-0.2, 0) is 4.79 Å². The van der Waals surface area contributed by atoms with E-state index < -0.39 is 5.54 Å². The SMILES string of the molecule is CC(C)C1(C)Nc2ncccc2N(C)C1=O. The van der Waals surface area contributed by atoms with Crippen molar-refractivity contribution in [2.45, 2.75) is 26.3 Å². The van der Waals surface area contributed by atoms with E-state index in [2.05, 4.69) is 10.3 Å². The Morgan fingerprint density at radius 3 is 2.81 bits per heavy atom. The van der Waals surface area contributed by atoms with Gasteiger partial charge < -0.3 is 10.2 Å². The average molecular weight is 219 g/mol. The Bertz CT molecular complexity index is 430. The minimum atomic E-state index is -0.573. The van der Waals surface area contributed by atoms with Crippen LogP contribution in [-0.4, -0.2) is 23.5 Å². The minimum Gasteiger partial charge on any atom is -0.354 e. The van der Waals surface area contributed by atoms with E-state index in [4.69, 9.17) is 0 Å². The van der Waals surface area contributed by atoms with Crippen LogP contribution in [0.4, 0.5) is 11.5 Å². The van der Waals surface area contributed by atoms with Crippen molar-refractivity contribution in [2.24, 2.45) is 5.92 Å². The number of hydrogen-bond acceptors (Lipinski definition) is 3. The smallest absolute Gasteiger partial charge is 0.252 e. The van der Waals surface area contributed by atoms with Crippen LogP contribution in [0.1, 0.15) is 20.8 Å². The Balaban J connectivity index is 2.51. The number of anilines is 2. The zero-order valence-corrected chi connectivity index (χ0v) is 10.1. The molecule has 2 heterocycles. The summed E-state index contributed by atoms with van der Waals surface area (Å²) in [6.07, 6.45) is 1.73. The van der Waals surface area contributed by atoms with E-state index in [0.29, 0.717) is 0 Å². The van der Waals surface area contributed by atoms with E-state index in [1.54, 1.807) is 18.1 Å². The highest BCUT2D eigenvalue weighted by Crippen LogP contribution is 2.35. The fourth-order valence-corrected chi connectivity index (χ4v) is 1.91. The first kappa shape index (κ1) is 10.9. The summed E-state index contributed by atoms with van der Waals surface area (Å²) in [5.74, 6) is 1.07. The maximum Gasteiger partial charge on any atom is 0.252 e. The molecule has 1 aliphatic heterocycles. The van der Waals surface area contributed by atoms with Gasteiger partial charge in [0.25, 0.3) is 5.91 Å². The molecule has 2 rings (SSSR count). The summed E-state index contributed by atoms with van der Waals surface area (Å²) in [5, 5.41) is 3.25. The molecule has 0 fully saturated rings. The van der Waals surface area contributed by atoms with Gasteiger partial charge in [0, 0.05) is 13.2 Å². The lowest BCUT2D eigenvalue weighted by Gasteiger charge is -2.42. The van der Waals surface area contributed by atoms with Gasteiger partial charge in [0.2, 0.25) is 0 Å². The number of fused-ring (bicyclic) bond motifs is 1. The summed E-state index contributed by atoms with van der Waals surface area (Å²) in [6, 6.07) is 3.73. The summed E-state index contributed by atoms with van der Waals surface area (Å²) in [4.78, 5) is 18.2. The largest absolute Gasteiger partial charge is 0.354 e. The highest BCUT2D eigenvalue weighted by atomic mass is 16.2. The summed E-state index contributed by atoms with van der Waals surface area (Å²) in [6.45, 7) is 5.99. The summed E-state index contributed by atoms with van der Waals surface area (Å²) < 4.78 is 0. The molecular formula is C12H17N3O. The molecule has 4 nitrogen and oxygen atoms in total. The zero-order valence-electron chi connectivity index (χ0n) is 10.1. The van der Waals surface area contributed by atoms with E-state index in [0.717, 1.165) is 11.5 Å². The van der Waals surface area contributed by atoms with Gasteiger partial charge >= 0.3 is 0 Å². The van der Waals surface area contributed by atoms with Gasteiger partial charge in [-0.25, -0.2) is 4.98 Å². The number of rotatable bonds is 1. The topological polar surface area (TPSA) is 45.2 Å². The summed E-state index contributed by atoms with van der Waals surface area (Å²) >= 11 is 0. The molecule has 16 heavy (non-hydrogen) atoms. The molecule has 0 saturated heterocycles. The fraction of sp³-hybridized carbons (Fsp3) is 0.500. The molecule has 0 radical (unpaired) electrons. The van der Waals surface area contributed by atoms with Gasteiger partial charge in [-0.1, -0.05) is 13.8 Å². The van der Waals surface area contributed by atoms with Gasteiger partial charge in [-0.2, -0.15) is 0 Å². The predicted octanol–water partition coefficient (Wildman–Crippen LogP) is 1.88. The first-order valence-electron chi connectivity index (χ1n) is 5.48. The second kappa shape index (κ2) is 3.47. The molecule has 0 spiro atoms. The lowest BCUT2D eigenvalue weighted by atomic mass is 9.85. The average Bonchev–Trinajstić information content (AvgIpc) is 2.26. The van der Waals surface area contributed by atoms with Gasteiger partial charge in [0.1, 0.15) is 5.54 Å². The molecular weight excluding hydrogens is 202 g/mol. The summed E-state index contributed by atoms with van der Waals surface area (Å²) in [5.41, 5.74) is 0.265.